The molecule has 0 radical (unpaired) electrons. The second-order valence-electron chi connectivity index (χ2n) is 4.48. The van der Waals surface area contributed by atoms with E-state index in [1.54, 1.807) is 0 Å². The van der Waals surface area contributed by atoms with E-state index in [0.717, 1.165) is 0 Å². The van der Waals surface area contributed by atoms with E-state index >= 15 is 0 Å². The second kappa shape index (κ2) is 5.51. The molecule has 2 heterocycles. The standard InChI is InChI=1S/C12H17NO5/c1-8-7-18-9(6-14)4-13(8)5-11-10(12(15)16)2-3-17-11/h2-3,8-9,14H,4-7H2,1H3,(H,15,16). The van der Waals surface area contributed by atoms with Crippen molar-refractivity contribution in [2.75, 3.05) is 19.8 Å². The molecule has 0 amide bonds. The van der Waals surface area contributed by atoms with Crippen LogP contribution in [0.5, 0.6) is 0 Å². The number of carbonyl (C=O) groups is 1. The number of hydrogen-bond donors (Lipinski definition) is 2. The Labute approximate surface area is 105 Å². The lowest BCUT2D eigenvalue weighted by molar-refractivity contribution is -0.0820. The zero-order valence-corrected chi connectivity index (χ0v) is 10.2. The smallest absolute Gasteiger partial charge is 0.339 e. The molecule has 0 aliphatic carbocycles. The van der Waals surface area contributed by atoms with Gasteiger partial charge in [0.2, 0.25) is 0 Å². The van der Waals surface area contributed by atoms with Crippen molar-refractivity contribution in [3.63, 3.8) is 0 Å². The van der Waals surface area contributed by atoms with Gasteiger partial charge in [0.15, 0.2) is 0 Å². The lowest BCUT2D eigenvalue weighted by atomic mass is 10.1. The van der Waals surface area contributed by atoms with E-state index in [9.17, 15) is 4.79 Å². The SMILES string of the molecule is CC1COC(CO)CN1Cc1occc1C(=O)O. The molecular formula is C12H17NO5. The van der Waals surface area contributed by atoms with E-state index < -0.39 is 5.97 Å². The van der Waals surface area contributed by atoms with Crippen LogP contribution in [-0.4, -0.2) is 53.0 Å². The lowest BCUT2D eigenvalue weighted by Crippen LogP contribution is -2.48. The monoisotopic (exact) mass is 255 g/mol. The summed E-state index contributed by atoms with van der Waals surface area (Å²) in [5.41, 5.74) is 0.189. The van der Waals surface area contributed by atoms with Crippen molar-refractivity contribution < 1.29 is 24.2 Å². The number of nitrogens with zero attached hydrogens (tertiary/aromatic N) is 1. The summed E-state index contributed by atoms with van der Waals surface area (Å²) in [5.74, 6) is -0.550. The van der Waals surface area contributed by atoms with Gasteiger partial charge in [0.05, 0.1) is 32.1 Å². The van der Waals surface area contributed by atoms with Crippen LogP contribution in [0.25, 0.3) is 0 Å². The molecule has 1 fully saturated rings. The van der Waals surface area contributed by atoms with Crippen LogP contribution in [0.15, 0.2) is 16.7 Å². The molecule has 1 aliphatic rings. The number of morpholine rings is 1. The van der Waals surface area contributed by atoms with Crippen molar-refractivity contribution >= 4 is 5.97 Å². The van der Waals surface area contributed by atoms with Gasteiger partial charge in [0, 0.05) is 12.6 Å². The molecule has 6 heteroatoms. The third-order valence-electron chi connectivity index (χ3n) is 3.16. The summed E-state index contributed by atoms with van der Waals surface area (Å²) in [7, 11) is 0. The molecule has 0 aromatic carbocycles. The fraction of sp³-hybridized carbons (Fsp3) is 0.583. The normalized spacial score (nSPS) is 25.2. The van der Waals surface area contributed by atoms with Crippen molar-refractivity contribution in [3.05, 3.63) is 23.7 Å². The molecule has 2 rings (SSSR count). The maximum Gasteiger partial charge on any atom is 0.339 e. The fourth-order valence-electron chi connectivity index (χ4n) is 2.04. The van der Waals surface area contributed by atoms with Crippen LogP contribution in [0.3, 0.4) is 0 Å². The summed E-state index contributed by atoms with van der Waals surface area (Å²) in [6.07, 6.45) is 1.16. The third-order valence-corrected chi connectivity index (χ3v) is 3.16. The Hall–Kier alpha value is -1.37. The van der Waals surface area contributed by atoms with Gasteiger partial charge < -0.3 is 19.4 Å². The molecule has 18 heavy (non-hydrogen) atoms. The lowest BCUT2D eigenvalue weighted by Gasteiger charge is -2.36. The Balaban J connectivity index is 2.07. The Morgan fingerprint density at radius 1 is 1.61 bits per heavy atom. The molecule has 2 N–H and O–H groups in total. The molecule has 1 saturated heterocycles. The molecule has 0 bridgehead atoms. The van der Waals surface area contributed by atoms with Gasteiger partial charge in [-0.15, -0.1) is 0 Å². The van der Waals surface area contributed by atoms with Gasteiger partial charge in [0.25, 0.3) is 0 Å². The highest BCUT2D eigenvalue weighted by molar-refractivity contribution is 5.88. The van der Waals surface area contributed by atoms with Crippen LogP contribution in [0.4, 0.5) is 0 Å². The molecule has 6 nitrogen and oxygen atoms in total. The molecule has 0 spiro atoms. The molecule has 2 unspecified atom stereocenters. The number of aliphatic hydroxyl groups excluding tert-OH is 1. The number of rotatable bonds is 4. The van der Waals surface area contributed by atoms with E-state index in [0.29, 0.717) is 25.5 Å². The van der Waals surface area contributed by atoms with E-state index in [-0.39, 0.29) is 24.3 Å². The van der Waals surface area contributed by atoms with Crippen molar-refractivity contribution in [1.82, 2.24) is 4.90 Å². The van der Waals surface area contributed by atoms with Crippen LogP contribution >= 0.6 is 0 Å². The first-order chi connectivity index (χ1) is 8.61. The largest absolute Gasteiger partial charge is 0.478 e. The van der Waals surface area contributed by atoms with Crippen molar-refractivity contribution in [3.8, 4) is 0 Å². The molecule has 0 saturated carbocycles. The van der Waals surface area contributed by atoms with Gasteiger partial charge in [0.1, 0.15) is 11.3 Å². The van der Waals surface area contributed by atoms with Gasteiger partial charge in [-0.05, 0) is 13.0 Å². The van der Waals surface area contributed by atoms with Gasteiger partial charge >= 0.3 is 5.97 Å². The summed E-state index contributed by atoms with van der Waals surface area (Å²) in [4.78, 5) is 13.0. The number of furan rings is 1. The van der Waals surface area contributed by atoms with E-state index in [2.05, 4.69) is 4.90 Å². The highest BCUT2D eigenvalue weighted by atomic mass is 16.5. The van der Waals surface area contributed by atoms with E-state index in [1.165, 1.54) is 12.3 Å². The summed E-state index contributed by atoms with van der Waals surface area (Å²) < 4.78 is 10.6. The average molecular weight is 255 g/mol. The second-order valence-corrected chi connectivity index (χ2v) is 4.48. The molecule has 2 atom stereocenters. The Kier molecular flexibility index (Phi) is 4.00. The van der Waals surface area contributed by atoms with Crippen molar-refractivity contribution in [2.45, 2.75) is 25.6 Å². The number of carboxylic acids is 1. The quantitative estimate of drug-likeness (QED) is 0.818. The van der Waals surface area contributed by atoms with Crippen molar-refractivity contribution in [2.24, 2.45) is 0 Å². The van der Waals surface area contributed by atoms with Crippen LogP contribution < -0.4 is 0 Å². The van der Waals surface area contributed by atoms with Crippen molar-refractivity contribution in [1.29, 1.82) is 0 Å². The molecule has 1 aliphatic heterocycles. The highest BCUT2D eigenvalue weighted by Crippen LogP contribution is 2.18. The fourth-order valence-corrected chi connectivity index (χ4v) is 2.04. The summed E-state index contributed by atoms with van der Waals surface area (Å²) >= 11 is 0. The summed E-state index contributed by atoms with van der Waals surface area (Å²) in [5, 5.41) is 18.1. The van der Waals surface area contributed by atoms with Crippen LogP contribution in [0, 0.1) is 0 Å². The van der Waals surface area contributed by atoms with E-state index in [4.69, 9.17) is 19.4 Å². The molecule has 100 valence electrons. The zero-order chi connectivity index (χ0) is 13.1. The first-order valence-corrected chi connectivity index (χ1v) is 5.88. The third kappa shape index (κ3) is 2.72. The first kappa shape index (κ1) is 13.1. The van der Waals surface area contributed by atoms with Gasteiger partial charge in [-0.1, -0.05) is 0 Å². The van der Waals surface area contributed by atoms with Crippen LogP contribution in [0.1, 0.15) is 23.0 Å². The van der Waals surface area contributed by atoms with Crippen LogP contribution in [0.2, 0.25) is 0 Å². The Morgan fingerprint density at radius 3 is 3.06 bits per heavy atom. The zero-order valence-electron chi connectivity index (χ0n) is 10.2. The summed E-state index contributed by atoms with van der Waals surface area (Å²) in [6.45, 7) is 3.46. The number of hydrogen-bond acceptors (Lipinski definition) is 5. The molecule has 1 aromatic heterocycles. The Bertz CT molecular complexity index is 416. The predicted octanol–water partition coefficient (Wildman–Crippen LogP) is 0.559. The minimum atomic E-state index is -0.988. The first-order valence-electron chi connectivity index (χ1n) is 5.88. The number of ether oxygens (including phenoxy) is 1. The minimum absolute atomic E-state index is 0.0346. The average Bonchev–Trinajstić information content (AvgIpc) is 2.80. The molecule has 1 aromatic rings. The number of aromatic carboxylic acids is 1. The number of aliphatic hydroxyl groups is 1. The molecular weight excluding hydrogens is 238 g/mol. The van der Waals surface area contributed by atoms with E-state index in [1.807, 2.05) is 6.92 Å². The Morgan fingerprint density at radius 2 is 2.39 bits per heavy atom. The van der Waals surface area contributed by atoms with Gasteiger partial charge in [-0.25, -0.2) is 4.79 Å². The van der Waals surface area contributed by atoms with Gasteiger partial charge in [-0.3, -0.25) is 4.90 Å². The topological polar surface area (TPSA) is 83.1 Å². The highest BCUT2D eigenvalue weighted by Gasteiger charge is 2.27. The van der Waals surface area contributed by atoms with Gasteiger partial charge in [-0.2, -0.15) is 0 Å². The van der Waals surface area contributed by atoms with Crippen LogP contribution in [-0.2, 0) is 11.3 Å². The minimum Gasteiger partial charge on any atom is -0.478 e. The summed E-state index contributed by atoms with van der Waals surface area (Å²) in [6, 6.07) is 1.62. The predicted molar refractivity (Wildman–Crippen MR) is 62.4 cm³/mol. The number of carboxylic acid groups (broad SMARTS) is 1. The maximum absolute atomic E-state index is 11.0. The maximum atomic E-state index is 11.0.